The van der Waals surface area contributed by atoms with E-state index in [4.69, 9.17) is 5.73 Å². The quantitative estimate of drug-likeness (QED) is 0.688. The number of hydrogen-bond donors (Lipinski definition) is 1. The molecule has 0 radical (unpaired) electrons. The molecule has 0 spiro atoms. The summed E-state index contributed by atoms with van der Waals surface area (Å²) in [7, 11) is 0. The van der Waals surface area contributed by atoms with Crippen LogP contribution in [0.2, 0.25) is 0 Å². The van der Waals surface area contributed by atoms with Crippen LogP contribution in [0.25, 0.3) is 0 Å². The molecule has 0 fully saturated rings. The van der Waals surface area contributed by atoms with Gasteiger partial charge in [0.05, 0.1) is 0 Å². The van der Waals surface area contributed by atoms with Crippen LogP contribution >= 0.6 is 0 Å². The van der Waals surface area contributed by atoms with Gasteiger partial charge >= 0.3 is 0 Å². The van der Waals surface area contributed by atoms with Crippen molar-refractivity contribution in [2.75, 3.05) is 19.6 Å². The maximum atomic E-state index is 5.94. The first kappa shape index (κ1) is 12.9. The fourth-order valence-corrected chi connectivity index (χ4v) is 1.39. The molecule has 0 rings (SSSR count). The Labute approximate surface area is 83.5 Å². The second kappa shape index (κ2) is 5.61. The van der Waals surface area contributed by atoms with Gasteiger partial charge in [-0.25, -0.2) is 0 Å². The van der Waals surface area contributed by atoms with Crippen molar-refractivity contribution >= 4 is 0 Å². The van der Waals surface area contributed by atoms with Gasteiger partial charge in [-0.3, -0.25) is 0 Å². The first-order valence-corrected chi connectivity index (χ1v) is 5.42. The Bertz CT molecular complexity index is 130. The number of hydrogen-bond acceptors (Lipinski definition) is 2. The fourth-order valence-electron chi connectivity index (χ4n) is 1.39. The number of nitrogens with two attached hydrogens (primary N) is 1. The summed E-state index contributed by atoms with van der Waals surface area (Å²) in [5, 5.41) is 0. The van der Waals surface area contributed by atoms with E-state index in [0.29, 0.717) is 0 Å². The van der Waals surface area contributed by atoms with E-state index in [0.717, 1.165) is 13.1 Å². The van der Waals surface area contributed by atoms with E-state index in [1.165, 1.54) is 13.0 Å². The highest BCUT2D eigenvalue weighted by Gasteiger charge is 2.24. The van der Waals surface area contributed by atoms with E-state index in [2.05, 4.69) is 39.5 Å². The molecule has 0 saturated heterocycles. The van der Waals surface area contributed by atoms with Gasteiger partial charge in [-0.05, 0) is 31.8 Å². The molecule has 0 saturated carbocycles. The molecule has 80 valence electrons. The Hall–Kier alpha value is -0.0800. The van der Waals surface area contributed by atoms with Crippen molar-refractivity contribution in [2.45, 2.75) is 47.1 Å². The summed E-state index contributed by atoms with van der Waals surface area (Å²) >= 11 is 0. The average Bonchev–Trinajstić information content (AvgIpc) is 2.03. The van der Waals surface area contributed by atoms with E-state index >= 15 is 0 Å². The predicted molar refractivity (Wildman–Crippen MR) is 59.8 cm³/mol. The summed E-state index contributed by atoms with van der Waals surface area (Å²) in [6.45, 7) is 14.5. The highest BCUT2D eigenvalue weighted by molar-refractivity contribution is 4.81. The lowest BCUT2D eigenvalue weighted by molar-refractivity contribution is 0.163. The maximum Gasteiger partial charge on any atom is 0.00739 e. The van der Waals surface area contributed by atoms with Crippen LogP contribution in [0.5, 0.6) is 0 Å². The summed E-state index contributed by atoms with van der Waals surface area (Å²) in [5.41, 5.74) is 6.17. The Balaban J connectivity index is 4.05. The van der Waals surface area contributed by atoms with Crippen molar-refractivity contribution in [1.82, 2.24) is 4.90 Å². The number of nitrogens with zero attached hydrogens (tertiary/aromatic N) is 1. The van der Waals surface area contributed by atoms with Crippen LogP contribution in [-0.2, 0) is 0 Å². The summed E-state index contributed by atoms with van der Waals surface area (Å²) in [5.74, 6) is 0. The third kappa shape index (κ3) is 4.63. The van der Waals surface area contributed by atoms with Crippen LogP contribution in [0, 0.1) is 5.41 Å². The molecule has 0 aromatic rings. The monoisotopic (exact) mass is 186 g/mol. The Morgan fingerprint density at radius 1 is 1.31 bits per heavy atom. The normalized spacial score (nSPS) is 15.0. The molecular weight excluding hydrogens is 160 g/mol. The van der Waals surface area contributed by atoms with Crippen molar-refractivity contribution in [3.63, 3.8) is 0 Å². The zero-order chi connectivity index (χ0) is 10.5. The molecule has 2 N–H and O–H groups in total. The molecule has 1 atom stereocenters. The van der Waals surface area contributed by atoms with E-state index in [9.17, 15) is 0 Å². The van der Waals surface area contributed by atoms with Gasteiger partial charge in [-0.15, -0.1) is 0 Å². The average molecular weight is 186 g/mol. The molecule has 2 nitrogen and oxygen atoms in total. The minimum atomic E-state index is 0.227. The first-order chi connectivity index (χ1) is 5.94. The molecule has 0 amide bonds. The number of rotatable bonds is 6. The van der Waals surface area contributed by atoms with Crippen molar-refractivity contribution in [3.05, 3.63) is 0 Å². The lowest BCUT2D eigenvalue weighted by Crippen LogP contribution is -2.44. The Kier molecular flexibility index (Phi) is 5.57. The van der Waals surface area contributed by atoms with Gasteiger partial charge in [0.25, 0.3) is 0 Å². The second-order valence-electron chi connectivity index (χ2n) is 4.65. The lowest BCUT2D eigenvalue weighted by atomic mass is 9.85. The van der Waals surface area contributed by atoms with Crippen molar-refractivity contribution in [2.24, 2.45) is 11.1 Å². The summed E-state index contributed by atoms with van der Waals surface area (Å²) in [6.07, 6.45) is 1.23. The minimum absolute atomic E-state index is 0.227. The van der Waals surface area contributed by atoms with E-state index in [1.54, 1.807) is 0 Å². The van der Waals surface area contributed by atoms with Crippen molar-refractivity contribution in [1.29, 1.82) is 0 Å². The molecule has 0 aliphatic carbocycles. The predicted octanol–water partition coefficient (Wildman–Crippen LogP) is 2.09. The molecular formula is C11H26N2. The van der Waals surface area contributed by atoms with Gasteiger partial charge in [-0.2, -0.15) is 0 Å². The van der Waals surface area contributed by atoms with Gasteiger partial charge in [-0.1, -0.05) is 27.7 Å². The topological polar surface area (TPSA) is 29.3 Å². The standard InChI is InChI=1S/C11H26N2/c1-6-8-13(7-2)9-11(4,5)10(3)12/h10H,6-9,12H2,1-5H3. The molecule has 0 bridgehead atoms. The SMILES string of the molecule is CCCN(CC)CC(C)(C)C(C)N. The summed E-state index contributed by atoms with van der Waals surface area (Å²) in [6, 6.07) is 0.262. The molecule has 0 aromatic carbocycles. The van der Waals surface area contributed by atoms with E-state index in [-0.39, 0.29) is 11.5 Å². The summed E-state index contributed by atoms with van der Waals surface area (Å²) in [4.78, 5) is 2.48. The lowest BCUT2D eigenvalue weighted by Gasteiger charge is -2.34. The third-order valence-corrected chi connectivity index (χ3v) is 2.85. The van der Waals surface area contributed by atoms with Crippen LogP contribution < -0.4 is 5.73 Å². The van der Waals surface area contributed by atoms with E-state index < -0.39 is 0 Å². The Morgan fingerprint density at radius 2 is 1.85 bits per heavy atom. The van der Waals surface area contributed by atoms with E-state index in [1.807, 2.05) is 0 Å². The van der Waals surface area contributed by atoms with Crippen LogP contribution in [0.4, 0.5) is 0 Å². The highest BCUT2D eigenvalue weighted by atomic mass is 15.1. The first-order valence-electron chi connectivity index (χ1n) is 5.42. The largest absolute Gasteiger partial charge is 0.327 e. The third-order valence-electron chi connectivity index (χ3n) is 2.85. The minimum Gasteiger partial charge on any atom is -0.327 e. The zero-order valence-electron chi connectivity index (χ0n) is 9.93. The molecule has 0 heterocycles. The Morgan fingerprint density at radius 3 is 2.15 bits per heavy atom. The smallest absolute Gasteiger partial charge is 0.00739 e. The second-order valence-corrected chi connectivity index (χ2v) is 4.65. The van der Waals surface area contributed by atoms with Gasteiger partial charge in [0.1, 0.15) is 0 Å². The molecule has 13 heavy (non-hydrogen) atoms. The highest BCUT2D eigenvalue weighted by Crippen LogP contribution is 2.20. The zero-order valence-corrected chi connectivity index (χ0v) is 9.93. The van der Waals surface area contributed by atoms with Gasteiger partial charge in [0, 0.05) is 12.6 Å². The van der Waals surface area contributed by atoms with Crippen LogP contribution in [0.1, 0.15) is 41.0 Å². The van der Waals surface area contributed by atoms with Gasteiger partial charge in [0.15, 0.2) is 0 Å². The molecule has 1 unspecified atom stereocenters. The maximum absolute atomic E-state index is 5.94. The van der Waals surface area contributed by atoms with Crippen molar-refractivity contribution in [3.8, 4) is 0 Å². The van der Waals surface area contributed by atoms with Crippen molar-refractivity contribution < 1.29 is 0 Å². The van der Waals surface area contributed by atoms with Crippen LogP contribution in [-0.4, -0.2) is 30.6 Å². The summed E-state index contributed by atoms with van der Waals surface area (Å²) < 4.78 is 0. The molecule has 0 aliphatic rings. The van der Waals surface area contributed by atoms with Crippen LogP contribution in [0.3, 0.4) is 0 Å². The van der Waals surface area contributed by atoms with Gasteiger partial charge in [0.2, 0.25) is 0 Å². The molecule has 0 aliphatic heterocycles. The fraction of sp³-hybridized carbons (Fsp3) is 1.00. The van der Waals surface area contributed by atoms with Gasteiger partial charge < -0.3 is 10.6 Å². The molecule has 2 heteroatoms. The molecule has 0 aromatic heterocycles. The van der Waals surface area contributed by atoms with Crippen LogP contribution in [0.15, 0.2) is 0 Å².